The zero-order valence-corrected chi connectivity index (χ0v) is 63.9. The molecule has 2 aliphatic heterocycles. The van der Waals surface area contributed by atoms with Crippen molar-refractivity contribution < 1.29 is 52.9 Å². The Morgan fingerprint density at radius 3 is 1.16 bits per heavy atom. The van der Waals surface area contributed by atoms with Crippen molar-refractivity contribution in [1.82, 2.24) is 63.0 Å². The third-order valence-corrected chi connectivity index (χ3v) is 21.5. The minimum absolute atomic E-state index is 0.0943. The van der Waals surface area contributed by atoms with Crippen molar-refractivity contribution in [3.05, 3.63) is 315 Å². The molecule has 600 valence electrons. The lowest BCUT2D eigenvalue weighted by molar-refractivity contribution is -0.215. The van der Waals surface area contributed by atoms with Gasteiger partial charge in [-0.15, -0.1) is 0 Å². The molecule has 2 saturated heterocycles. The van der Waals surface area contributed by atoms with Crippen LogP contribution in [-0.4, -0.2) is 164 Å². The van der Waals surface area contributed by atoms with Gasteiger partial charge in [-0.2, -0.15) is 0 Å². The van der Waals surface area contributed by atoms with E-state index in [-0.39, 0.29) is 34.8 Å². The number of nitrogens with zero attached hydrogens (tertiary/aromatic N) is 9. The molecule has 8 N–H and O–H groups in total. The van der Waals surface area contributed by atoms with E-state index in [4.69, 9.17) is 18.9 Å². The molecule has 0 unspecified atom stereocenters. The van der Waals surface area contributed by atoms with Gasteiger partial charge >= 0.3 is 0 Å². The van der Waals surface area contributed by atoms with Gasteiger partial charge in [0, 0.05) is 114 Å². The summed E-state index contributed by atoms with van der Waals surface area (Å²) in [4.78, 5) is 92.5. The lowest BCUT2D eigenvalue weighted by Gasteiger charge is -2.42. The Balaban J connectivity index is 0.000000113. The molecule has 0 bridgehead atoms. The molecule has 10 heterocycles. The highest BCUT2D eigenvalue weighted by atomic mass is 19.3. The number of hydrogen-bond acceptors (Lipinski definition) is 17. The lowest BCUT2D eigenvalue weighted by Crippen LogP contribution is -2.55. The second-order valence-corrected chi connectivity index (χ2v) is 30.1. The predicted molar refractivity (Wildman–Crippen MR) is 445 cm³/mol. The number of hydrogen-bond donors (Lipinski definition) is 8. The molecule has 0 spiro atoms. The number of fused-ring (bicyclic) bond motifs is 4. The Morgan fingerprint density at radius 2 is 0.782 bits per heavy atom. The summed E-state index contributed by atoms with van der Waals surface area (Å²) < 4.78 is 55.7. The second-order valence-electron chi connectivity index (χ2n) is 30.1. The number of β-amino-alcohol motifs (C(OH)–C–C–N with tert-alkyl or cyclic N) is 1. The highest BCUT2D eigenvalue weighted by Crippen LogP contribution is 2.46. The van der Waals surface area contributed by atoms with Crippen LogP contribution in [0, 0.1) is 0 Å². The van der Waals surface area contributed by atoms with E-state index in [1.165, 1.54) is 25.3 Å². The van der Waals surface area contributed by atoms with Gasteiger partial charge in [0.15, 0.2) is 16.9 Å². The number of carbonyl (C=O) groups is 1. The minimum atomic E-state index is -2.82. The number of aliphatic hydroxyl groups excluding tert-OH is 1. The van der Waals surface area contributed by atoms with E-state index < -0.39 is 41.7 Å². The number of nitrogens with one attached hydrogen (secondary N) is 4. The molecule has 4 fully saturated rings. The summed E-state index contributed by atoms with van der Waals surface area (Å²) in [6, 6.07) is 68.3. The van der Waals surface area contributed by atoms with Gasteiger partial charge in [-0.3, -0.25) is 24.0 Å². The molecule has 119 heavy (non-hydrogen) atoms. The van der Waals surface area contributed by atoms with Crippen molar-refractivity contribution in [2.45, 2.75) is 67.4 Å². The molecule has 8 aromatic carbocycles. The van der Waals surface area contributed by atoms with Crippen LogP contribution in [0.3, 0.4) is 0 Å². The van der Waals surface area contributed by atoms with Gasteiger partial charge in [0.1, 0.15) is 46.1 Å². The fourth-order valence-corrected chi connectivity index (χ4v) is 14.9. The van der Waals surface area contributed by atoms with Crippen LogP contribution in [0.25, 0.3) is 111 Å². The summed E-state index contributed by atoms with van der Waals surface area (Å²) in [6.07, 6.45) is 14.6. The zero-order chi connectivity index (χ0) is 82.0. The van der Waals surface area contributed by atoms with Crippen LogP contribution in [0.2, 0.25) is 0 Å². The van der Waals surface area contributed by atoms with E-state index in [0.29, 0.717) is 119 Å². The molecule has 4 aliphatic rings. The number of carbonyl (C=O) groups excluding carboxylic acids is 1. The van der Waals surface area contributed by atoms with E-state index in [1.54, 1.807) is 41.3 Å². The summed E-state index contributed by atoms with van der Waals surface area (Å²) in [7, 11) is 0. The summed E-state index contributed by atoms with van der Waals surface area (Å²) >= 11 is 0. The second kappa shape index (κ2) is 32.6. The van der Waals surface area contributed by atoms with Crippen LogP contribution in [-0.2, 0) is 4.74 Å². The maximum absolute atomic E-state index is 13.0. The number of amides is 1. The van der Waals surface area contributed by atoms with E-state index in [2.05, 4.69) is 39.9 Å². The highest BCUT2D eigenvalue weighted by Gasteiger charge is 2.56. The Bertz CT molecular complexity index is 6570. The number of halogens is 2. The van der Waals surface area contributed by atoms with Gasteiger partial charge in [-0.05, 0) is 132 Å². The first-order chi connectivity index (χ1) is 57.7. The van der Waals surface area contributed by atoms with E-state index in [1.807, 2.05) is 225 Å². The summed E-state index contributed by atoms with van der Waals surface area (Å²) in [5, 5.41) is 41.0. The first-order valence-corrected chi connectivity index (χ1v) is 38.7. The van der Waals surface area contributed by atoms with Gasteiger partial charge in [-0.1, -0.05) is 121 Å². The molecule has 2 aliphatic carbocycles. The van der Waals surface area contributed by atoms with Gasteiger partial charge in [-0.25, -0.2) is 28.7 Å². The van der Waals surface area contributed by atoms with Crippen molar-refractivity contribution in [2.75, 3.05) is 46.1 Å². The van der Waals surface area contributed by atoms with Crippen LogP contribution in [0.1, 0.15) is 48.9 Å². The molecule has 16 aromatic rings. The quantitative estimate of drug-likeness (QED) is 0.0351. The maximum atomic E-state index is 13.0. The third-order valence-electron chi connectivity index (χ3n) is 21.5. The number of benzene rings is 8. The van der Waals surface area contributed by atoms with E-state index in [9.17, 15) is 53.2 Å². The number of aliphatic hydroxyl groups is 4. The highest BCUT2D eigenvalue weighted by molar-refractivity contribution is 5.99. The molecule has 20 rings (SSSR count). The molecule has 8 aromatic heterocycles. The molecule has 26 nitrogen and oxygen atoms in total. The van der Waals surface area contributed by atoms with Crippen molar-refractivity contribution in [2.24, 2.45) is 0 Å². The van der Waals surface area contributed by atoms with Gasteiger partial charge in [0.2, 0.25) is 0 Å². The summed E-state index contributed by atoms with van der Waals surface area (Å²) in [5.74, 6) is -1.01. The van der Waals surface area contributed by atoms with Crippen LogP contribution >= 0.6 is 0 Å². The standard InChI is InChI=1S/C23H19F2N3O3.C23H21N3O4.C23H21N3O3.C22H18N4O3/c24-23(25)11-22(30,12-23)13-31-17-8-6-15(7-9-17)18-10-28(16-4-2-1-3-5-16)20-19(18)21(29)27-14-26-20;27-22-20-19(12-26(21(20)24-15-25-22)17-4-2-1-3-5-17)16-6-8-18(9-7-16)30-11-10-23(28)13-29-14-23;27-22-20-19(14-26(21(20)24-15-25-22)17-4-2-1-3-5-17)16-6-8-18(9-7-16)29-13-12-23(28)10-11-23;27-17-10-25(11-17)22(29)15-8-6-14(7-9-15)18-12-26(16-4-2-1-3-5-16)20-19(18)23-13-24-21(20)28/h1-10,14,30H,11-13H2,(H,26,27,29);1-9,12,15,28H,10-11,13-14H2,(H,24,25,27);1-9,14-15,28H,10-13H2,(H,24,25,27);1-9,12-13,17,27H,10-11H2,(H,23,24,28). The van der Waals surface area contributed by atoms with Crippen LogP contribution in [0.5, 0.6) is 17.2 Å². The Labute approximate surface area is 676 Å². The average Bonchev–Trinajstić information content (AvgIpc) is 1.61. The first-order valence-electron chi connectivity index (χ1n) is 38.7. The number of likely N-dealkylation sites (tertiary alicyclic amines) is 1. The molecule has 28 heteroatoms. The number of para-hydroxylation sites is 4. The number of rotatable bonds is 20. The number of H-pyrrole nitrogens is 4. The maximum Gasteiger partial charge on any atom is 0.275 e. The lowest BCUT2D eigenvalue weighted by atomic mass is 9.77. The molecule has 1 amide bonds. The summed E-state index contributed by atoms with van der Waals surface area (Å²) in [5.41, 5.74) is 10.0. The molecule has 0 atom stereocenters. The number of aromatic nitrogens is 12. The van der Waals surface area contributed by atoms with Crippen molar-refractivity contribution >= 4 is 50.0 Å². The Morgan fingerprint density at radius 1 is 0.429 bits per heavy atom. The monoisotopic (exact) mass is 1600 g/mol. The summed E-state index contributed by atoms with van der Waals surface area (Å²) in [6.45, 7) is 2.18. The normalized spacial score (nSPS) is 15.2. The number of ether oxygens (including phenoxy) is 4. The first kappa shape index (κ1) is 77.5. The number of aromatic amines is 4. The fraction of sp³-hybridized carbons (Fsp3) is 0.198. The van der Waals surface area contributed by atoms with Crippen molar-refractivity contribution in [3.63, 3.8) is 0 Å². The van der Waals surface area contributed by atoms with Crippen molar-refractivity contribution in [1.29, 1.82) is 0 Å². The molecule has 0 radical (unpaired) electrons. The van der Waals surface area contributed by atoms with Crippen LogP contribution < -0.4 is 36.4 Å². The van der Waals surface area contributed by atoms with Gasteiger partial charge in [0.25, 0.3) is 34.1 Å². The average molecular weight is 1600 g/mol. The minimum Gasteiger partial charge on any atom is -0.493 e. The third kappa shape index (κ3) is 16.6. The SMILES string of the molecule is O=C(c1ccc(-c2cn(-c3ccccc3)c3c(=O)[nH]cnc23)cc1)N1CC(O)C1.O=c1[nH]cnc2c1c(-c1ccc(OCC3(O)CC(F)(F)C3)cc1)cn2-c1ccccc1.O=c1[nH]cnc2c1c(-c1ccc(OCCC3(O)CC3)cc1)cn2-c1ccccc1.O=c1[nH]cnc2c1c(-c1ccc(OCCC3(O)COC3)cc1)cn2-c1ccccc1. The number of alkyl halides is 2. The van der Waals surface area contributed by atoms with Crippen LogP contribution in [0.4, 0.5) is 8.78 Å². The fourth-order valence-electron chi connectivity index (χ4n) is 14.9. The van der Waals surface area contributed by atoms with E-state index >= 15 is 0 Å². The smallest absolute Gasteiger partial charge is 0.275 e. The molecular weight excluding hydrogens is 1520 g/mol. The Kier molecular flexibility index (Phi) is 21.2. The Hall–Kier alpha value is -14.0. The largest absolute Gasteiger partial charge is 0.493 e. The molecular formula is C91H79F2N13O13. The topological polar surface area (TPSA) is 341 Å². The van der Waals surface area contributed by atoms with Gasteiger partial charge in [0.05, 0.1) is 79.6 Å². The molecule has 2 saturated carbocycles. The predicted octanol–water partition coefficient (Wildman–Crippen LogP) is 12.7. The van der Waals surface area contributed by atoms with Crippen molar-refractivity contribution in [3.8, 4) is 84.5 Å². The van der Waals surface area contributed by atoms with E-state index in [0.717, 1.165) is 80.3 Å². The van der Waals surface area contributed by atoms with Crippen LogP contribution in [0.15, 0.2) is 288 Å². The van der Waals surface area contributed by atoms with Gasteiger partial charge < -0.3 is 82.5 Å². The zero-order valence-electron chi connectivity index (χ0n) is 63.9.